The predicted octanol–water partition coefficient (Wildman–Crippen LogP) is 18.6. The smallest absolute Gasteiger partial charge is 0.220 e. The van der Waals surface area contributed by atoms with Gasteiger partial charge in [0.2, 0.25) is 5.91 Å². The molecule has 0 aromatic rings. The molecule has 2 unspecified atom stereocenters. The highest BCUT2D eigenvalue weighted by Crippen LogP contribution is 2.17. The minimum Gasteiger partial charge on any atom is -0.394 e. The Hall–Kier alpha value is -2.17. The van der Waals surface area contributed by atoms with Crippen molar-refractivity contribution in [2.75, 3.05) is 6.61 Å². The molecule has 0 rings (SSSR count). The maximum atomic E-state index is 12.4. The second-order valence-corrected chi connectivity index (χ2v) is 19.0. The van der Waals surface area contributed by atoms with E-state index in [2.05, 4.69) is 79.9 Å². The summed E-state index contributed by atoms with van der Waals surface area (Å²) in [6.07, 6.45) is 79.3. The van der Waals surface area contributed by atoms with Crippen molar-refractivity contribution >= 4 is 5.91 Å². The highest BCUT2D eigenvalue weighted by atomic mass is 16.3. The maximum Gasteiger partial charge on any atom is 0.220 e. The van der Waals surface area contributed by atoms with Crippen LogP contribution in [0.4, 0.5) is 0 Å². The number of aliphatic hydroxyl groups excluding tert-OH is 2. The third-order valence-corrected chi connectivity index (χ3v) is 12.7. The summed E-state index contributed by atoms with van der Waals surface area (Å²) in [5, 5.41) is 23.1. The Morgan fingerprint density at radius 3 is 1.03 bits per heavy atom. The van der Waals surface area contributed by atoms with Crippen LogP contribution in [0.3, 0.4) is 0 Å². The number of nitrogens with one attached hydrogen (secondary N) is 1. The fraction of sp³-hybridized carbons (Fsp3) is 0.783. The van der Waals surface area contributed by atoms with Crippen molar-refractivity contribution in [1.82, 2.24) is 5.32 Å². The van der Waals surface area contributed by atoms with E-state index < -0.39 is 12.1 Å². The zero-order valence-electron chi connectivity index (χ0n) is 42.8. The molecular formula is C60H109NO3. The first-order valence-corrected chi connectivity index (χ1v) is 28.2. The molecule has 1 amide bonds. The summed E-state index contributed by atoms with van der Waals surface area (Å²) in [6, 6.07) is -0.645. The average Bonchev–Trinajstić information content (AvgIpc) is 3.30. The number of allylic oxidation sites excluding steroid dienone is 11. The second-order valence-electron chi connectivity index (χ2n) is 19.0. The molecule has 0 bridgehead atoms. The van der Waals surface area contributed by atoms with Gasteiger partial charge in [0.05, 0.1) is 18.8 Å². The quantitative estimate of drug-likeness (QED) is 0.0421. The van der Waals surface area contributed by atoms with Crippen molar-refractivity contribution in [2.45, 2.75) is 296 Å². The second kappa shape index (κ2) is 55.2. The van der Waals surface area contributed by atoms with Gasteiger partial charge < -0.3 is 15.5 Å². The molecule has 0 aromatic carbocycles. The molecule has 0 spiro atoms. The van der Waals surface area contributed by atoms with Gasteiger partial charge in [-0.1, -0.05) is 286 Å². The van der Waals surface area contributed by atoms with Gasteiger partial charge in [0.25, 0.3) is 0 Å². The largest absolute Gasteiger partial charge is 0.394 e. The third-order valence-electron chi connectivity index (χ3n) is 12.7. The van der Waals surface area contributed by atoms with E-state index in [-0.39, 0.29) is 12.5 Å². The van der Waals surface area contributed by atoms with Gasteiger partial charge >= 0.3 is 0 Å². The van der Waals surface area contributed by atoms with Crippen LogP contribution in [0.25, 0.3) is 0 Å². The van der Waals surface area contributed by atoms with E-state index in [0.29, 0.717) is 6.42 Å². The summed E-state index contributed by atoms with van der Waals surface area (Å²) in [7, 11) is 0. The van der Waals surface area contributed by atoms with Crippen molar-refractivity contribution in [3.63, 3.8) is 0 Å². The number of hydrogen-bond donors (Lipinski definition) is 3. The van der Waals surface area contributed by atoms with Crippen LogP contribution in [0.2, 0.25) is 0 Å². The van der Waals surface area contributed by atoms with E-state index in [1.807, 2.05) is 6.08 Å². The summed E-state index contributed by atoms with van der Waals surface area (Å²) in [5.41, 5.74) is 0. The van der Waals surface area contributed by atoms with Crippen LogP contribution in [-0.2, 0) is 4.79 Å². The van der Waals surface area contributed by atoms with Gasteiger partial charge in [0.1, 0.15) is 0 Å². The van der Waals surface area contributed by atoms with Gasteiger partial charge in [0, 0.05) is 6.42 Å². The van der Waals surface area contributed by atoms with Crippen LogP contribution < -0.4 is 5.32 Å². The monoisotopic (exact) mass is 892 g/mol. The molecule has 3 N–H and O–H groups in total. The number of rotatable bonds is 51. The van der Waals surface area contributed by atoms with Crippen molar-refractivity contribution in [2.24, 2.45) is 0 Å². The SMILES string of the molecule is CC/C=C\C/C=C\C/C=C\C/C=C\C/C=C\CCCCCC(=O)NC(CO)C(O)/C=C/CCCCCCCCCCCCCCCCCCCCCCCCCCCCCCCCC. The lowest BCUT2D eigenvalue weighted by Crippen LogP contribution is -2.45. The van der Waals surface area contributed by atoms with Crippen molar-refractivity contribution in [3.05, 3.63) is 72.9 Å². The van der Waals surface area contributed by atoms with E-state index in [4.69, 9.17) is 0 Å². The number of hydrogen-bond acceptors (Lipinski definition) is 3. The highest BCUT2D eigenvalue weighted by molar-refractivity contribution is 5.76. The lowest BCUT2D eigenvalue weighted by molar-refractivity contribution is -0.123. The molecule has 0 saturated carbocycles. The molecule has 0 aliphatic heterocycles. The molecule has 372 valence electrons. The van der Waals surface area contributed by atoms with Crippen LogP contribution in [-0.4, -0.2) is 34.9 Å². The Bertz CT molecular complexity index is 1100. The van der Waals surface area contributed by atoms with Crippen molar-refractivity contribution in [3.8, 4) is 0 Å². The van der Waals surface area contributed by atoms with E-state index in [0.717, 1.165) is 70.6 Å². The molecule has 0 heterocycles. The Morgan fingerprint density at radius 2 is 0.688 bits per heavy atom. The van der Waals surface area contributed by atoms with Gasteiger partial charge in [0.15, 0.2) is 0 Å². The Kier molecular flexibility index (Phi) is 53.3. The Balaban J connectivity index is 3.50. The number of aliphatic hydroxyl groups is 2. The molecule has 0 saturated heterocycles. The third kappa shape index (κ3) is 50.8. The van der Waals surface area contributed by atoms with E-state index in [1.54, 1.807) is 6.08 Å². The zero-order chi connectivity index (χ0) is 46.3. The zero-order valence-corrected chi connectivity index (χ0v) is 42.8. The molecule has 64 heavy (non-hydrogen) atoms. The number of carbonyl (C=O) groups is 1. The molecule has 0 aromatic heterocycles. The molecule has 4 nitrogen and oxygen atoms in total. The minimum absolute atomic E-state index is 0.0949. The summed E-state index contributed by atoms with van der Waals surface area (Å²) >= 11 is 0. The van der Waals surface area contributed by atoms with Gasteiger partial charge in [-0.25, -0.2) is 0 Å². The van der Waals surface area contributed by atoms with E-state index in [1.165, 1.54) is 193 Å². The average molecular weight is 893 g/mol. The molecule has 4 heteroatoms. The lowest BCUT2D eigenvalue weighted by atomic mass is 10.0. The van der Waals surface area contributed by atoms with E-state index in [9.17, 15) is 15.0 Å². The normalized spacial score (nSPS) is 13.4. The van der Waals surface area contributed by atoms with Gasteiger partial charge in [-0.3, -0.25) is 4.79 Å². The molecule has 2 atom stereocenters. The van der Waals surface area contributed by atoms with Gasteiger partial charge in [-0.15, -0.1) is 0 Å². The number of unbranched alkanes of at least 4 members (excludes halogenated alkanes) is 34. The first-order chi connectivity index (χ1) is 31.7. The molecule has 0 radical (unpaired) electrons. The summed E-state index contributed by atoms with van der Waals surface area (Å²) in [6.45, 7) is 4.20. The van der Waals surface area contributed by atoms with Crippen LogP contribution in [0.15, 0.2) is 72.9 Å². The Morgan fingerprint density at radius 1 is 0.391 bits per heavy atom. The van der Waals surface area contributed by atoms with Gasteiger partial charge in [-0.05, 0) is 64.2 Å². The van der Waals surface area contributed by atoms with Crippen LogP contribution >= 0.6 is 0 Å². The van der Waals surface area contributed by atoms with Crippen LogP contribution in [0, 0.1) is 0 Å². The molecule has 0 fully saturated rings. The minimum atomic E-state index is -0.859. The maximum absolute atomic E-state index is 12.4. The number of amides is 1. The van der Waals surface area contributed by atoms with Crippen LogP contribution in [0.1, 0.15) is 284 Å². The van der Waals surface area contributed by atoms with Gasteiger partial charge in [-0.2, -0.15) is 0 Å². The fourth-order valence-corrected chi connectivity index (χ4v) is 8.44. The summed E-state index contributed by atoms with van der Waals surface area (Å²) < 4.78 is 0. The fourth-order valence-electron chi connectivity index (χ4n) is 8.44. The summed E-state index contributed by atoms with van der Waals surface area (Å²) in [4.78, 5) is 12.4. The van der Waals surface area contributed by atoms with Crippen LogP contribution in [0.5, 0.6) is 0 Å². The topological polar surface area (TPSA) is 69.6 Å². The first kappa shape index (κ1) is 61.8. The lowest BCUT2D eigenvalue weighted by Gasteiger charge is -2.19. The van der Waals surface area contributed by atoms with E-state index >= 15 is 0 Å². The number of carbonyl (C=O) groups excluding carboxylic acids is 1. The predicted molar refractivity (Wildman–Crippen MR) is 285 cm³/mol. The summed E-state index contributed by atoms with van der Waals surface area (Å²) in [5.74, 6) is -0.0949. The highest BCUT2D eigenvalue weighted by Gasteiger charge is 2.18. The Labute approximate surface area is 399 Å². The molecular weight excluding hydrogens is 783 g/mol. The van der Waals surface area contributed by atoms with Crippen molar-refractivity contribution in [1.29, 1.82) is 0 Å². The molecule has 0 aliphatic rings. The molecule has 0 aliphatic carbocycles. The standard InChI is InChI=1S/C60H109NO3/c1-3-5-7-9-11-13-15-17-19-21-23-24-25-26-27-28-29-30-31-32-33-34-35-36-38-39-41-43-45-47-49-51-53-55-59(63)58(57-62)61-60(64)56-54-52-50-48-46-44-42-40-37-22-20-18-16-14-12-10-8-6-4-2/h6,8,12,14,18,20,37,40,44,46,53,55,58-59,62-63H,3-5,7,9-11,13,15-17,19,21-36,38-39,41-43,45,47-52,54,56-57H2,1-2H3,(H,61,64)/b8-6-,14-12-,20-18-,40-37-,46-44-,55-53+. The first-order valence-electron chi connectivity index (χ1n) is 28.2. The van der Waals surface area contributed by atoms with Crippen molar-refractivity contribution < 1.29 is 15.0 Å².